The van der Waals surface area contributed by atoms with Crippen molar-refractivity contribution in [2.75, 3.05) is 14.2 Å². The van der Waals surface area contributed by atoms with Gasteiger partial charge in [-0.3, -0.25) is 9.89 Å². The Morgan fingerprint density at radius 1 is 1.12 bits per heavy atom. The standard InChI is InChI=1S/C11H12N2O3/c1-15-9-10(16-2)12-13(11(9)14)8-6-4-3-5-7-8/h3-7,12H,1-2H3. The van der Waals surface area contributed by atoms with E-state index in [0.717, 1.165) is 5.69 Å². The number of aromatic amines is 1. The Hall–Kier alpha value is -2.17. The Morgan fingerprint density at radius 2 is 1.81 bits per heavy atom. The van der Waals surface area contributed by atoms with Crippen LogP contribution in [0.1, 0.15) is 0 Å². The van der Waals surface area contributed by atoms with Gasteiger partial charge in [0.1, 0.15) is 0 Å². The minimum Gasteiger partial charge on any atom is -0.487 e. The second-order valence-electron chi connectivity index (χ2n) is 3.15. The molecule has 0 bridgehead atoms. The topological polar surface area (TPSA) is 56.2 Å². The molecule has 0 atom stereocenters. The summed E-state index contributed by atoms with van der Waals surface area (Å²) in [5, 5.41) is 2.82. The molecule has 0 saturated carbocycles. The van der Waals surface area contributed by atoms with Gasteiger partial charge in [0.05, 0.1) is 19.9 Å². The summed E-state index contributed by atoms with van der Waals surface area (Å²) in [6, 6.07) is 9.21. The first-order chi connectivity index (χ1) is 7.77. The van der Waals surface area contributed by atoms with E-state index in [2.05, 4.69) is 5.10 Å². The number of aromatic nitrogens is 2. The Balaban J connectivity index is 2.59. The van der Waals surface area contributed by atoms with Crippen LogP contribution in [0.3, 0.4) is 0 Å². The van der Waals surface area contributed by atoms with Gasteiger partial charge >= 0.3 is 5.56 Å². The van der Waals surface area contributed by atoms with Crippen molar-refractivity contribution in [3.8, 4) is 17.3 Å². The van der Waals surface area contributed by atoms with Crippen molar-refractivity contribution in [2.45, 2.75) is 0 Å². The van der Waals surface area contributed by atoms with Gasteiger partial charge < -0.3 is 9.47 Å². The number of H-pyrrole nitrogens is 1. The summed E-state index contributed by atoms with van der Waals surface area (Å²) in [6.07, 6.45) is 0. The minimum absolute atomic E-state index is 0.173. The summed E-state index contributed by atoms with van der Waals surface area (Å²) in [5.74, 6) is 0.489. The summed E-state index contributed by atoms with van der Waals surface area (Å²) in [6.45, 7) is 0. The van der Waals surface area contributed by atoms with Crippen LogP contribution in [0.2, 0.25) is 0 Å². The number of ether oxygens (including phenoxy) is 2. The Bertz CT molecular complexity index is 528. The maximum absolute atomic E-state index is 11.9. The predicted octanol–water partition coefficient (Wildman–Crippen LogP) is 1.18. The van der Waals surface area contributed by atoms with E-state index in [0.29, 0.717) is 5.88 Å². The lowest BCUT2D eigenvalue weighted by molar-refractivity contribution is 0.346. The lowest BCUT2D eigenvalue weighted by Crippen LogP contribution is -2.15. The van der Waals surface area contributed by atoms with Gasteiger partial charge in [0.15, 0.2) is 0 Å². The third-order valence-electron chi connectivity index (χ3n) is 2.24. The molecule has 84 valence electrons. The third kappa shape index (κ3) is 1.56. The maximum atomic E-state index is 11.9. The van der Waals surface area contributed by atoms with Gasteiger partial charge in [0, 0.05) is 0 Å². The highest BCUT2D eigenvalue weighted by Gasteiger charge is 2.15. The molecule has 2 rings (SSSR count). The van der Waals surface area contributed by atoms with Gasteiger partial charge in [0.2, 0.25) is 5.75 Å². The van der Waals surface area contributed by atoms with Gasteiger partial charge in [0.25, 0.3) is 5.88 Å². The summed E-state index contributed by atoms with van der Waals surface area (Å²) in [5.41, 5.74) is 0.458. The molecule has 0 aliphatic heterocycles. The van der Waals surface area contributed by atoms with Crippen LogP contribution in [0.15, 0.2) is 35.1 Å². The van der Waals surface area contributed by atoms with E-state index in [1.54, 1.807) is 0 Å². The third-order valence-corrected chi connectivity index (χ3v) is 2.24. The van der Waals surface area contributed by atoms with Gasteiger partial charge in [-0.2, -0.15) is 0 Å². The van der Waals surface area contributed by atoms with E-state index in [4.69, 9.17) is 9.47 Å². The fourth-order valence-electron chi connectivity index (χ4n) is 1.48. The molecule has 5 heteroatoms. The first-order valence-electron chi connectivity index (χ1n) is 4.76. The molecule has 5 nitrogen and oxygen atoms in total. The molecule has 0 spiro atoms. The first kappa shape index (κ1) is 10.4. The Morgan fingerprint density at radius 3 is 2.31 bits per heavy atom. The highest BCUT2D eigenvalue weighted by atomic mass is 16.5. The number of nitrogens with zero attached hydrogens (tertiary/aromatic N) is 1. The molecule has 0 amide bonds. The van der Waals surface area contributed by atoms with Crippen LogP contribution in [-0.4, -0.2) is 24.0 Å². The van der Waals surface area contributed by atoms with Gasteiger partial charge in [-0.05, 0) is 12.1 Å². The average molecular weight is 220 g/mol. The van der Waals surface area contributed by atoms with Crippen LogP contribution < -0.4 is 15.0 Å². The van der Waals surface area contributed by atoms with E-state index < -0.39 is 0 Å². The van der Waals surface area contributed by atoms with E-state index in [1.165, 1.54) is 18.9 Å². The molecule has 0 fully saturated rings. The van der Waals surface area contributed by atoms with Crippen LogP contribution in [0.4, 0.5) is 0 Å². The molecule has 0 saturated heterocycles. The molecule has 0 radical (unpaired) electrons. The quantitative estimate of drug-likeness (QED) is 0.845. The second kappa shape index (κ2) is 4.14. The number of rotatable bonds is 3. The molecular weight excluding hydrogens is 208 g/mol. The molecule has 1 aromatic heterocycles. The number of hydrogen-bond donors (Lipinski definition) is 1. The zero-order chi connectivity index (χ0) is 11.5. The number of hydrogen-bond acceptors (Lipinski definition) is 3. The fraction of sp³-hybridized carbons (Fsp3) is 0.182. The Kier molecular flexibility index (Phi) is 2.68. The SMILES string of the molecule is COc1[nH]n(-c2ccccc2)c(=O)c1OC. The van der Waals surface area contributed by atoms with Crippen molar-refractivity contribution < 1.29 is 9.47 Å². The van der Waals surface area contributed by atoms with Gasteiger partial charge in [-0.25, -0.2) is 4.68 Å². The van der Waals surface area contributed by atoms with Crippen LogP contribution >= 0.6 is 0 Å². The number of benzene rings is 1. The number of nitrogens with one attached hydrogen (secondary N) is 1. The highest BCUT2D eigenvalue weighted by Crippen LogP contribution is 2.20. The maximum Gasteiger partial charge on any atom is 0.317 e. The normalized spacial score (nSPS) is 10.1. The van der Waals surface area contributed by atoms with E-state index in [-0.39, 0.29) is 11.3 Å². The average Bonchev–Trinajstić information content (AvgIpc) is 2.66. The zero-order valence-corrected chi connectivity index (χ0v) is 9.06. The monoisotopic (exact) mass is 220 g/mol. The predicted molar refractivity (Wildman–Crippen MR) is 59.5 cm³/mol. The summed E-state index contributed by atoms with van der Waals surface area (Å²) in [4.78, 5) is 11.9. The van der Waals surface area contributed by atoms with E-state index >= 15 is 0 Å². The van der Waals surface area contributed by atoms with Crippen molar-refractivity contribution in [1.82, 2.24) is 9.78 Å². The van der Waals surface area contributed by atoms with Gasteiger partial charge in [-0.1, -0.05) is 18.2 Å². The van der Waals surface area contributed by atoms with Crippen LogP contribution in [0, 0.1) is 0 Å². The van der Waals surface area contributed by atoms with E-state index in [1.807, 2.05) is 30.3 Å². The summed E-state index contributed by atoms with van der Waals surface area (Å²) < 4.78 is 11.4. The van der Waals surface area contributed by atoms with Crippen molar-refractivity contribution in [3.05, 3.63) is 40.7 Å². The van der Waals surface area contributed by atoms with Gasteiger partial charge in [-0.15, -0.1) is 0 Å². The molecule has 2 aromatic rings. The van der Waals surface area contributed by atoms with Crippen molar-refractivity contribution in [2.24, 2.45) is 0 Å². The molecule has 1 heterocycles. The lowest BCUT2D eigenvalue weighted by atomic mass is 10.3. The number of para-hydroxylation sites is 1. The first-order valence-corrected chi connectivity index (χ1v) is 4.76. The molecule has 16 heavy (non-hydrogen) atoms. The molecule has 1 aromatic carbocycles. The lowest BCUT2D eigenvalue weighted by Gasteiger charge is -1.99. The molecule has 0 aliphatic rings. The molecule has 1 N–H and O–H groups in total. The highest BCUT2D eigenvalue weighted by molar-refractivity contribution is 5.38. The molecule has 0 aliphatic carbocycles. The van der Waals surface area contributed by atoms with E-state index in [9.17, 15) is 4.79 Å². The molecular formula is C11H12N2O3. The van der Waals surface area contributed by atoms with Crippen molar-refractivity contribution >= 4 is 0 Å². The minimum atomic E-state index is -0.273. The van der Waals surface area contributed by atoms with Crippen molar-refractivity contribution in [3.63, 3.8) is 0 Å². The number of methoxy groups -OCH3 is 2. The molecule has 0 unspecified atom stereocenters. The fourth-order valence-corrected chi connectivity index (χ4v) is 1.48. The summed E-state index contributed by atoms with van der Waals surface area (Å²) in [7, 11) is 2.91. The zero-order valence-electron chi connectivity index (χ0n) is 9.06. The smallest absolute Gasteiger partial charge is 0.317 e. The Labute approximate surface area is 92.2 Å². The van der Waals surface area contributed by atoms with Crippen LogP contribution in [0.5, 0.6) is 11.6 Å². The second-order valence-corrected chi connectivity index (χ2v) is 3.15. The van der Waals surface area contributed by atoms with Crippen molar-refractivity contribution in [1.29, 1.82) is 0 Å². The largest absolute Gasteiger partial charge is 0.487 e. The summed E-state index contributed by atoms with van der Waals surface area (Å²) >= 11 is 0. The van der Waals surface area contributed by atoms with Crippen LogP contribution in [-0.2, 0) is 0 Å². The van der Waals surface area contributed by atoms with Crippen LogP contribution in [0.25, 0.3) is 5.69 Å².